The topological polar surface area (TPSA) is 12.0 Å². The molecule has 0 aromatic heterocycles. The van der Waals surface area contributed by atoms with Crippen molar-refractivity contribution in [3.63, 3.8) is 0 Å². The van der Waals surface area contributed by atoms with Crippen LogP contribution >= 0.6 is 23.5 Å². The van der Waals surface area contributed by atoms with Gasteiger partial charge in [-0.05, 0) is 37.8 Å². The van der Waals surface area contributed by atoms with Gasteiger partial charge in [0.25, 0.3) is 0 Å². The summed E-state index contributed by atoms with van der Waals surface area (Å²) >= 11 is 4.09. The molecule has 1 fully saturated rings. The maximum Gasteiger partial charge on any atom is 0.0184 e. The second kappa shape index (κ2) is 7.02. The van der Waals surface area contributed by atoms with E-state index < -0.39 is 0 Å². The van der Waals surface area contributed by atoms with Crippen LogP contribution in [-0.2, 0) is 0 Å². The van der Waals surface area contributed by atoms with Crippen LogP contribution in [0, 0.1) is 0 Å². The van der Waals surface area contributed by atoms with E-state index in [-0.39, 0.29) is 0 Å². The Morgan fingerprint density at radius 3 is 3.00 bits per heavy atom. The molecule has 1 aliphatic heterocycles. The van der Waals surface area contributed by atoms with Crippen LogP contribution in [0.1, 0.15) is 33.1 Å². The van der Waals surface area contributed by atoms with Crippen LogP contribution in [0.4, 0.5) is 0 Å². The summed E-state index contributed by atoms with van der Waals surface area (Å²) in [5.74, 6) is 1.36. The van der Waals surface area contributed by atoms with Crippen molar-refractivity contribution in [2.24, 2.45) is 0 Å². The fraction of sp³-hybridized carbons (Fsp3) is 1.00. The Kier molecular flexibility index (Phi) is 6.38. The van der Waals surface area contributed by atoms with Crippen molar-refractivity contribution in [3.8, 4) is 0 Å². The Hall–Kier alpha value is 0.660. The van der Waals surface area contributed by atoms with Crippen molar-refractivity contribution in [2.45, 2.75) is 49.7 Å². The fourth-order valence-corrected chi connectivity index (χ4v) is 3.30. The van der Waals surface area contributed by atoms with Crippen molar-refractivity contribution in [3.05, 3.63) is 0 Å². The normalized spacial score (nSPS) is 30.2. The second-order valence-corrected chi connectivity index (χ2v) is 6.88. The van der Waals surface area contributed by atoms with E-state index in [4.69, 9.17) is 0 Å². The molecule has 1 N–H and O–H groups in total. The van der Waals surface area contributed by atoms with Gasteiger partial charge in [-0.1, -0.05) is 13.8 Å². The predicted octanol–water partition coefficient (Wildman–Crippen LogP) is 3.00. The van der Waals surface area contributed by atoms with Crippen LogP contribution < -0.4 is 5.32 Å². The molecule has 1 aliphatic rings. The maximum atomic E-state index is 3.70. The minimum atomic E-state index is 0.766. The maximum absolute atomic E-state index is 3.70. The molecule has 1 saturated heterocycles. The lowest BCUT2D eigenvalue weighted by molar-refractivity contribution is 0.458. The quantitative estimate of drug-likeness (QED) is 0.784. The summed E-state index contributed by atoms with van der Waals surface area (Å²) in [4.78, 5) is 0. The summed E-state index contributed by atoms with van der Waals surface area (Å²) in [7, 11) is 0. The van der Waals surface area contributed by atoms with Gasteiger partial charge >= 0.3 is 0 Å². The third kappa shape index (κ3) is 4.45. The van der Waals surface area contributed by atoms with Gasteiger partial charge in [0.05, 0.1) is 0 Å². The number of hydrogen-bond donors (Lipinski definition) is 1. The van der Waals surface area contributed by atoms with Crippen molar-refractivity contribution >= 4 is 23.5 Å². The Bertz CT molecular complexity index is 152. The van der Waals surface area contributed by atoms with Gasteiger partial charge in [-0.25, -0.2) is 0 Å². The molecule has 3 atom stereocenters. The zero-order valence-electron chi connectivity index (χ0n) is 9.58. The van der Waals surface area contributed by atoms with Gasteiger partial charge < -0.3 is 5.32 Å². The Balaban J connectivity index is 2.10. The van der Waals surface area contributed by atoms with Crippen LogP contribution in [-0.4, -0.2) is 35.1 Å². The van der Waals surface area contributed by atoms with Crippen LogP contribution in [0.5, 0.6) is 0 Å². The summed E-state index contributed by atoms with van der Waals surface area (Å²) < 4.78 is 0. The predicted molar refractivity (Wildman–Crippen MR) is 70.5 cm³/mol. The average molecular weight is 233 g/mol. The van der Waals surface area contributed by atoms with Gasteiger partial charge in [0.1, 0.15) is 0 Å². The van der Waals surface area contributed by atoms with Gasteiger partial charge in [0.2, 0.25) is 0 Å². The summed E-state index contributed by atoms with van der Waals surface area (Å²) in [6.07, 6.45) is 6.27. The SMILES string of the molecule is CSC(C)CCNC1CCCSC1C. The molecule has 1 nitrogen and oxygen atoms in total. The molecule has 0 aliphatic carbocycles. The molecule has 3 unspecified atom stereocenters. The molecule has 14 heavy (non-hydrogen) atoms. The highest BCUT2D eigenvalue weighted by Crippen LogP contribution is 2.25. The van der Waals surface area contributed by atoms with E-state index in [0.29, 0.717) is 0 Å². The number of thioether (sulfide) groups is 2. The Morgan fingerprint density at radius 2 is 2.36 bits per heavy atom. The van der Waals surface area contributed by atoms with Gasteiger partial charge in [0.15, 0.2) is 0 Å². The van der Waals surface area contributed by atoms with Crippen LogP contribution in [0.2, 0.25) is 0 Å². The van der Waals surface area contributed by atoms with Crippen molar-refractivity contribution < 1.29 is 0 Å². The molecule has 3 heteroatoms. The van der Waals surface area contributed by atoms with E-state index in [0.717, 1.165) is 16.5 Å². The van der Waals surface area contributed by atoms with Gasteiger partial charge in [-0.2, -0.15) is 23.5 Å². The monoisotopic (exact) mass is 233 g/mol. The molecule has 0 aromatic rings. The molecule has 0 radical (unpaired) electrons. The standard InChI is InChI=1S/C11H23NS2/c1-9(13-3)6-7-12-11-5-4-8-14-10(11)2/h9-12H,4-8H2,1-3H3. The first-order valence-corrected chi connectivity index (χ1v) is 7.95. The largest absolute Gasteiger partial charge is 0.313 e. The number of nitrogens with one attached hydrogen (secondary N) is 1. The lowest BCUT2D eigenvalue weighted by Gasteiger charge is -2.29. The van der Waals surface area contributed by atoms with Crippen molar-refractivity contribution in [1.29, 1.82) is 0 Å². The molecular weight excluding hydrogens is 210 g/mol. The summed E-state index contributed by atoms with van der Waals surface area (Å²) in [5.41, 5.74) is 0. The highest BCUT2D eigenvalue weighted by Gasteiger charge is 2.20. The molecule has 0 aromatic carbocycles. The lowest BCUT2D eigenvalue weighted by atomic mass is 10.1. The lowest BCUT2D eigenvalue weighted by Crippen LogP contribution is -2.40. The van der Waals surface area contributed by atoms with E-state index >= 15 is 0 Å². The smallest absolute Gasteiger partial charge is 0.0184 e. The fourth-order valence-electron chi connectivity index (χ4n) is 1.78. The summed E-state index contributed by atoms with van der Waals surface area (Å²) in [6.45, 7) is 5.86. The Morgan fingerprint density at radius 1 is 1.57 bits per heavy atom. The molecule has 0 amide bonds. The van der Waals surface area contributed by atoms with Gasteiger partial charge in [0, 0.05) is 16.5 Å². The second-order valence-electron chi connectivity index (χ2n) is 4.11. The molecule has 0 bridgehead atoms. The Labute approximate surface area is 97.2 Å². The first-order chi connectivity index (χ1) is 6.74. The van der Waals surface area contributed by atoms with E-state index in [9.17, 15) is 0 Å². The zero-order valence-corrected chi connectivity index (χ0v) is 11.2. The van der Waals surface area contributed by atoms with Crippen LogP contribution in [0.3, 0.4) is 0 Å². The van der Waals surface area contributed by atoms with Crippen LogP contribution in [0.15, 0.2) is 0 Å². The third-order valence-electron chi connectivity index (χ3n) is 2.97. The number of hydrogen-bond acceptors (Lipinski definition) is 3. The molecule has 1 rings (SSSR count). The van der Waals surface area contributed by atoms with Gasteiger partial charge in [-0.3, -0.25) is 0 Å². The van der Waals surface area contributed by atoms with E-state index in [1.54, 1.807) is 0 Å². The molecular formula is C11H23NS2. The van der Waals surface area contributed by atoms with E-state index in [1.807, 2.05) is 11.8 Å². The summed E-state index contributed by atoms with van der Waals surface area (Å²) in [6, 6.07) is 0.766. The molecule has 84 valence electrons. The first kappa shape index (κ1) is 12.7. The minimum Gasteiger partial charge on any atom is -0.313 e. The van der Waals surface area contributed by atoms with E-state index in [2.05, 4.69) is 37.2 Å². The van der Waals surface area contributed by atoms with Crippen molar-refractivity contribution in [1.82, 2.24) is 5.32 Å². The third-order valence-corrected chi connectivity index (χ3v) is 5.39. The minimum absolute atomic E-state index is 0.766. The van der Waals surface area contributed by atoms with E-state index in [1.165, 1.54) is 31.6 Å². The zero-order chi connectivity index (χ0) is 10.4. The highest BCUT2D eigenvalue weighted by molar-refractivity contribution is 8.00. The number of rotatable bonds is 5. The highest BCUT2D eigenvalue weighted by atomic mass is 32.2. The average Bonchev–Trinajstić information content (AvgIpc) is 2.20. The first-order valence-electron chi connectivity index (χ1n) is 5.62. The molecule has 1 heterocycles. The van der Waals surface area contributed by atoms with Crippen LogP contribution in [0.25, 0.3) is 0 Å². The molecule has 0 saturated carbocycles. The summed E-state index contributed by atoms with van der Waals surface area (Å²) in [5, 5.41) is 5.32. The molecule has 0 spiro atoms. The van der Waals surface area contributed by atoms with Crippen molar-refractivity contribution in [2.75, 3.05) is 18.6 Å². The van der Waals surface area contributed by atoms with Gasteiger partial charge in [-0.15, -0.1) is 0 Å².